The molecule has 0 aromatic heterocycles. The van der Waals surface area contributed by atoms with Crippen molar-refractivity contribution in [3.8, 4) is 0 Å². The van der Waals surface area contributed by atoms with Crippen molar-refractivity contribution in [2.75, 3.05) is 6.54 Å². The van der Waals surface area contributed by atoms with Crippen LogP contribution >= 0.6 is 11.6 Å². The lowest BCUT2D eigenvalue weighted by atomic mass is 9.78. The average Bonchev–Trinajstić information content (AvgIpc) is 2.84. The summed E-state index contributed by atoms with van der Waals surface area (Å²) < 4.78 is 13.1. The first kappa shape index (κ1) is 16.8. The van der Waals surface area contributed by atoms with Crippen molar-refractivity contribution in [3.63, 3.8) is 0 Å². The van der Waals surface area contributed by atoms with Crippen LogP contribution in [0.5, 0.6) is 0 Å². The summed E-state index contributed by atoms with van der Waals surface area (Å²) in [6, 6.07) is 4.83. The minimum absolute atomic E-state index is 0.155. The Kier molecular flexibility index (Phi) is 5.67. The van der Waals surface area contributed by atoms with Crippen molar-refractivity contribution in [2.45, 2.75) is 58.9 Å². The summed E-state index contributed by atoms with van der Waals surface area (Å²) in [6.45, 7) is 7.75. The van der Waals surface area contributed by atoms with Gasteiger partial charge in [0.15, 0.2) is 0 Å². The topological polar surface area (TPSA) is 12.0 Å². The van der Waals surface area contributed by atoms with Gasteiger partial charge in [-0.25, -0.2) is 4.39 Å². The number of rotatable bonds is 6. The quantitative estimate of drug-likeness (QED) is 0.706. The molecule has 0 saturated heterocycles. The molecule has 1 fully saturated rings. The Bertz CT molecular complexity index is 466. The third-order valence-electron chi connectivity index (χ3n) is 4.72. The zero-order valence-corrected chi connectivity index (χ0v) is 14.1. The number of nitrogens with one attached hydrogen (secondary N) is 1. The van der Waals surface area contributed by atoms with Gasteiger partial charge in [-0.15, -0.1) is 0 Å². The molecule has 1 aliphatic rings. The molecule has 1 N–H and O–H groups in total. The van der Waals surface area contributed by atoms with Crippen LogP contribution in [-0.4, -0.2) is 6.54 Å². The predicted octanol–water partition coefficient (Wildman–Crippen LogP) is 5.74. The van der Waals surface area contributed by atoms with Crippen LogP contribution in [0.1, 0.15) is 64.5 Å². The summed E-state index contributed by atoms with van der Waals surface area (Å²) in [5.74, 6) is 0.456. The first-order chi connectivity index (χ1) is 9.92. The maximum absolute atomic E-state index is 13.1. The Balaban J connectivity index is 2.00. The molecule has 1 nitrogen and oxygen atoms in total. The van der Waals surface area contributed by atoms with Crippen molar-refractivity contribution in [2.24, 2.45) is 11.3 Å². The zero-order chi connectivity index (χ0) is 15.5. The van der Waals surface area contributed by atoms with Crippen LogP contribution < -0.4 is 5.32 Å². The van der Waals surface area contributed by atoms with Gasteiger partial charge >= 0.3 is 0 Å². The summed E-state index contributed by atoms with van der Waals surface area (Å²) >= 11 is 6.16. The smallest absolute Gasteiger partial charge is 0.124 e. The number of hydrogen-bond acceptors (Lipinski definition) is 1. The minimum atomic E-state index is -0.275. The maximum Gasteiger partial charge on any atom is 0.124 e. The summed E-state index contributed by atoms with van der Waals surface area (Å²) in [5.41, 5.74) is 1.42. The zero-order valence-electron chi connectivity index (χ0n) is 13.4. The fourth-order valence-electron chi connectivity index (χ4n) is 3.78. The molecule has 3 heteroatoms. The van der Waals surface area contributed by atoms with Gasteiger partial charge in [-0.1, -0.05) is 44.4 Å². The van der Waals surface area contributed by atoms with E-state index in [0.29, 0.717) is 10.4 Å². The van der Waals surface area contributed by atoms with Gasteiger partial charge in [0, 0.05) is 17.6 Å². The molecule has 21 heavy (non-hydrogen) atoms. The molecule has 0 bridgehead atoms. The van der Waals surface area contributed by atoms with E-state index in [-0.39, 0.29) is 11.9 Å². The van der Waals surface area contributed by atoms with E-state index < -0.39 is 0 Å². The van der Waals surface area contributed by atoms with E-state index in [4.69, 9.17) is 11.6 Å². The Morgan fingerprint density at radius 3 is 2.48 bits per heavy atom. The molecule has 118 valence electrons. The number of benzene rings is 1. The highest BCUT2D eigenvalue weighted by Gasteiger charge is 2.34. The van der Waals surface area contributed by atoms with Gasteiger partial charge in [0.1, 0.15) is 5.82 Å². The molecule has 0 aliphatic heterocycles. The highest BCUT2D eigenvalue weighted by atomic mass is 35.5. The van der Waals surface area contributed by atoms with E-state index in [1.165, 1.54) is 44.2 Å². The monoisotopic (exact) mass is 311 g/mol. The molecular formula is C18H27ClFN. The van der Waals surface area contributed by atoms with Crippen molar-refractivity contribution in [1.29, 1.82) is 0 Å². The Morgan fingerprint density at radius 1 is 1.24 bits per heavy atom. The molecule has 1 aromatic carbocycles. The van der Waals surface area contributed by atoms with Crippen LogP contribution in [0.4, 0.5) is 4.39 Å². The first-order valence-electron chi connectivity index (χ1n) is 8.10. The summed E-state index contributed by atoms with van der Waals surface area (Å²) in [7, 11) is 0. The molecule has 1 atom stereocenters. The van der Waals surface area contributed by atoms with Crippen LogP contribution in [0, 0.1) is 17.2 Å². The molecular weight excluding hydrogens is 285 g/mol. The summed E-state index contributed by atoms with van der Waals surface area (Å²) in [4.78, 5) is 0. The molecule has 1 saturated carbocycles. The van der Waals surface area contributed by atoms with Crippen molar-refractivity contribution in [1.82, 2.24) is 5.32 Å². The number of halogens is 2. The normalized spacial score (nSPS) is 19.1. The fraction of sp³-hybridized carbons (Fsp3) is 0.667. The van der Waals surface area contributed by atoms with Crippen LogP contribution in [0.15, 0.2) is 18.2 Å². The summed E-state index contributed by atoms with van der Waals surface area (Å²) in [6.07, 6.45) is 6.62. The molecule has 1 aliphatic carbocycles. The van der Waals surface area contributed by atoms with E-state index in [0.717, 1.165) is 18.0 Å². The maximum atomic E-state index is 13.1. The van der Waals surface area contributed by atoms with Gasteiger partial charge < -0.3 is 5.32 Å². The molecule has 1 unspecified atom stereocenters. The Labute approximate surface area is 133 Å². The largest absolute Gasteiger partial charge is 0.310 e. The van der Waals surface area contributed by atoms with Crippen LogP contribution in [0.3, 0.4) is 0 Å². The van der Waals surface area contributed by atoms with Gasteiger partial charge in [0.2, 0.25) is 0 Å². The fourth-order valence-corrected chi connectivity index (χ4v) is 4.11. The predicted molar refractivity (Wildman–Crippen MR) is 88.2 cm³/mol. The first-order valence-corrected chi connectivity index (χ1v) is 8.48. The third-order valence-corrected chi connectivity index (χ3v) is 5.05. The van der Waals surface area contributed by atoms with E-state index in [1.54, 1.807) is 6.07 Å². The van der Waals surface area contributed by atoms with Crippen LogP contribution in [0.2, 0.25) is 5.02 Å². The molecule has 0 radical (unpaired) electrons. The SMILES string of the molecule is CC(C)CC1(CNC(C)c2ccc(F)cc2Cl)CCCC1. The van der Waals surface area contributed by atoms with Gasteiger partial charge in [-0.05, 0) is 55.2 Å². The second-order valence-electron chi connectivity index (χ2n) is 7.07. The summed E-state index contributed by atoms with van der Waals surface area (Å²) in [5, 5.41) is 4.15. The van der Waals surface area contributed by atoms with Crippen molar-refractivity contribution in [3.05, 3.63) is 34.6 Å². The Morgan fingerprint density at radius 2 is 1.90 bits per heavy atom. The second kappa shape index (κ2) is 7.11. The van der Waals surface area contributed by atoms with E-state index >= 15 is 0 Å². The van der Waals surface area contributed by atoms with Gasteiger partial charge in [0.05, 0.1) is 0 Å². The molecule has 1 aromatic rings. The lowest BCUT2D eigenvalue weighted by Gasteiger charge is -2.33. The molecule has 0 amide bonds. The number of hydrogen-bond donors (Lipinski definition) is 1. The molecule has 2 rings (SSSR count). The highest BCUT2D eigenvalue weighted by Crippen LogP contribution is 2.43. The molecule has 0 spiro atoms. The van der Waals surface area contributed by atoms with Gasteiger partial charge in [-0.2, -0.15) is 0 Å². The van der Waals surface area contributed by atoms with Crippen LogP contribution in [0.25, 0.3) is 0 Å². The van der Waals surface area contributed by atoms with Gasteiger partial charge in [-0.3, -0.25) is 0 Å². The van der Waals surface area contributed by atoms with Crippen molar-refractivity contribution < 1.29 is 4.39 Å². The molecule has 0 heterocycles. The average molecular weight is 312 g/mol. The highest BCUT2D eigenvalue weighted by molar-refractivity contribution is 6.31. The standard InChI is InChI=1S/C18H27ClFN/c1-13(2)11-18(8-4-5-9-18)12-21-14(3)16-7-6-15(20)10-17(16)19/h6-7,10,13-14,21H,4-5,8-9,11-12H2,1-3H3. The van der Waals surface area contributed by atoms with Crippen LogP contribution in [-0.2, 0) is 0 Å². The lowest BCUT2D eigenvalue weighted by molar-refractivity contribution is 0.217. The van der Waals surface area contributed by atoms with Crippen molar-refractivity contribution >= 4 is 11.6 Å². The Hall–Kier alpha value is -0.600. The van der Waals surface area contributed by atoms with E-state index in [9.17, 15) is 4.39 Å². The second-order valence-corrected chi connectivity index (χ2v) is 7.48. The van der Waals surface area contributed by atoms with Gasteiger partial charge in [0.25, 0.3) is 0 Å². The van der Waals surface area contributed by atoms with E-state index in [1.807, 2.05) is 0 Å². The van der Waals surface area contributed by atoms with E-state index in [2.05, 4.69) is 26.1 Å². The third kappa shape index (κ3) is 4.43. The minimum Gasteiger partial charge on any atom is -0.310 e. The lowest BCUT2D eigenvalue weighted by Crippen LogP contribution is -2.34.